The fourth-order valence-corrected chi connectivity index (χ4v) is 8.14. The van der Waals surface area contributed by atoms with E-state index >= 15 is 0 Å². The number of ether oxygens (including phenoxy) is 7. The number of Topliss-reactive ketones (excluding diaryl/α,β-unsaturated/α-hetero) is 2. The van der Waals surface area contributed by atoms with E-state index < -0.39 is 71.7 Å². The summed E-state index contributed by atoms with van der Waals surface area (Å²) in [6, 6.07) is 0.0329. The van der Waals surface area contributed by atoms with E-state index in [0.29, 0.717) is 12.8 Å². The predicted octanol–water partition coefficient (Wildman–Crippen LogP) is 3.19. The number of methoxy groups -OCH3 is 1. The van der Waals surface area contributed by atoms with Crippen molar-refractivity contribution >= 4 is 17.5 Å². The van der Waals surface area contributed by atoms with E-state index in [0.717, 1.165) is 6.42 Å². The Hall–Kier alpha value is -1.47. The van der Waals surface area contributed by atoms with Crippen molar-refractivity contribution in [3.63, 3.8) is 0 Å². The van der Waals surface area contributed by atoms with Gasteiger partial charge in [-0.1, -0.05) is 27.7 Å². The molecule has 4 fully saturated rings. The molecule has 0 amide bonds. The van der Waals surface area contributed by atoms with Crippen molar-refractivity contribution in [2.24, 2.45) is 23.7 Å². The minimum absolute atomic E-state index is 0.0329. The largest absolute Gasteiger partial charge is 0.459 e. The molecule has 2 unspecified atom stereocenters. The molecule has 11 nitrogen and oxygen atoms in total. The molecule has 44 heavy (non-hydrogen) atoms. The number of carbonyl (C=O) groups is 3. The molecule has 11 heteroatoms. The molecule has 0 N–H and O–H groups in total. The third-order valence-corrected chi connectivity index (χ3v) is 10.6. The van der Waals surface area contributed by atoms with Crippen LogP contribution in [0.4, 0.5) is 0 Å². The van der Waals surface area contributed by atoms with E-state index in [-0.39, 0.29) is 42.8 Å². The molecule has 14 atom stereocenters. The highest BCUT2D eigenvalue weighted by Crippen LogP contribution is 2.45. The molecule has 4 aliphatic heterocycles. The van der Waals surface area contributed by atoms with E-state index in [1.807, 2.05) is 55.6 Å². The maximum Gasteiger partial charge on any atom is 0.311 e. The Morgan fingerprint density at radius 1 is 0.977 bits per heavy atom. The van der Waals surface area contributed by atoms with Crippen molar-refractivity contribution in [1.29, 1.82) is 0 Å². The molecule has 0 saturated carbocycles. The maximum atomic E-state index is 13.8. The first-order chi connectivity index (χ1) is 20.6. The van der Waals surface area contributed by atoms with Crippen LogP contribution in [-0.2, 0) is 47.5 Å². The van der Waals surface area contributed by atoms with Crippen LogP contribution in [0.5, 0.6) is 0 Å². The molecule has 4 rings (SSSR count). The zero-order chi connectivity index (χ0) is 32.7. The summed E-state index contributed by atoms with van der Waals surface area (Å²) in [6.45, 7) is 14.8. The van der Waals surface area contributed by atoms with Gasteiger partial charge in [0.1, 0.15) is 25.4 Å². The standard InChI is InChI=1S/C33H55NO10/c1-12-24-33(8)28(36)19(4)25(44-33)17(2)14-32(7)29(43-31-27(38-11)23(34(9)10)13-18(3)41-31)20(5)26(21(6)30(37)42-24)39-15-22(35)16-40-32/h17-21,23-27,29,31H,12-16H2,1-11H3/t17-,18-,19?,20+,21-,23+,24-,25?,26+,27-,29-,31+,32+,33-/m1/s1. The van der Waals surface area contributed by atoms with E-state index in [2.05, 4.69) is 4.90 Å². The van der Waals surface area contributed by atoms with Gasteiger partial charge >= 0.3 is 5.97 Å². The Morgan fingerprint density at radius 3 is 2.27 bits per heavy atom. The zero-order valence-electron chi connectivity index (χ0n) is 28.5. The predicted molar refractivity (Wildman–Crippen MR) is 161 cm³/mol. The van der Waals surface area contributed by atoms with Crippen LogP contribution < -0.4 is 0 Å². The first-order valence-corrected chi connectivity index (χ1v) is 16.3. The number of carbonyl (C=O) groups excluding carboxylic acids is 3. The van der Waals surface area contributed by atoms with Crippen LogP contribution in [0.25, 0.3) is 0 Å². The van der Waals surface area contributed by atoms with Gasteiger partial charge in [0.15, 0.2) is 23.5 Å². The number of nitrogens with zero attached hydrogens (tertiary/aromatic N) is 1. The highest BCUT2D eigenvalue weighted by molar-refractivity contribution is 5.92. The number of esters is 1. The van der Waals surface area contributed by atoms with Crippen LogP contribution in [0.2, 0.25) is 0 Å². The maximum absolute atomic E-state index is 13.8. The number of ketones is 2. The number of hydrogen-bond donors (Lipinski definition) is 0. The first-order valence-electron chi connectivity index (χ1n) is 16.3. The molecule has 252 valence electrons. The van der Waals surface area contributed by atoms with Crippen LogP contribution >= 0.6 is 0 Å². The van der Waals surface area contributed by atoms with Crippen LogP contribution in [0, 0.1) is 23.7 Å². The Bertz CT molecular complexity index is 1050. The van der Waals surface area contributed by atoms with E-state index in [1.54, 1.807) is 21.0 Å². The summed E-state index contributed by atoms with van der Waals surface area (Å²) in [6.07, 6.45) is -2.36. The second-order valence-electron chi connectivity index (χ2n) is 14.3. The van der Waals surface area contributed by atoms with E-state index in [1.165, 1.54) is 0 Å². The molecule has 4 heterocycles. The van der Waals surface area contributed by atoms with E-state index in [4.69, 9.17) is 33.2 Å². The highest BCUT2D eigenvalue weighted by Gasteiger charge is 2.58. The fraction of sp³-hybridized carbons (Fsp3) is 0.909. The quantitative estimate of drug-likeness (QED) is 0.419. The monoisotopic (exact) mass is 625 g/mol. The highest BCUT2D eigenvalue weighted by atomic mass is 16.7. The summed E-state index contributed by atoms with van der Waals surface area (Å²) in [5, 5.41) is 0. The molecule has 0 aromatic rings. The van der Waals surface area contributed by atoms with Gasteiger partial charge in [-0.05, 0) is 67.0 Å². The van der Waals surface area contributed by atoms with Gasteiger partial charge in [-0.3, -0.25) is 14.4 Å². The number of rotatable bonds is 5. The third kappa shape index (κ3) is 6.66. The van der Waals surface area contributed by atoms with Crippen molar-refractivity contribution < 1.29 is 47.5 Å². The van der Waals surface area contributed by atoms with Crippen LogP contribution in [-0.4, -0.2) is 117 Å². The van der Waals surface area contributed by atoms with Gasteiger partial charge < -0.3 is 38.1 Å². The average molecular weight is 626 g/mol. The fourth-order valence-electron chi connectivity index (χ4n) is 8.14. The molecule has 0 aromatic heterocycles. The SMILES string of the molecule is CC[C@H]1OC(=O)[C@H](C)[C@H]2OCC(=O)CO[C@@](C)(C[C@@H](C)C3O[C@@]1(C)C(=O)C3C)[C@H](O[C@@H]1O[C@H](C)C[C@H](N(C)C)[C@H]1OC)[C@H]2C. The number of likely N-dealkylation sites (N-methyl/N-ethyl adjacent to an activating group) is 1. The first kappa shape index (κ1) is 35.4. The normalized spacial score (nSPS) is 47.7. The smallest absolute Gasteiger partial charge is 0.311 e. The number of fused-ring (bicyclic) bond motifs is 5. The lowest BCUT2D eigenvalue weighted by Gasteiger charge is -2.49. The van der Waals surface area contributed by atoms with Gasteiger partial charge in [-0.15, -0.1) is 0 Å². The topological polar surface area (TPSA) is 119 Å². The van der Waals surface area contributed by atoms with Crippen molar-refractivity contribution in [3.8, 4) is 0 Å². The van der Waals surface area contributed by atoms with Gasteiger partial charge in [0.25, 0.3) is 0 Å². The van der Waals surface area contributed by atoms with Crippen molar-refractivity contribution in [3.05, 3.63) is 0 Å². The summed E-state index contributed by atoms with van der Waals surface area (Å²) >= 11 is 0. The van der Waals surface area contributed by atoms with Gasteiger partial charge in [0.2, 0.25) is 0 Å². The van der Waals surface area contributed by atoms with Gasteiger partial charge in [0, 0.05) is 25.0 Å². The Morgan fingerprint density at radius 2 is 1.66 bits per heavy atom. The number of hydrogen-bond acceptors (Lipinski definition) is 11. The molecule has 4 saturated heterocycles. The Balaban J connectivity index is 1.84. The summed E-state index contributed by atoms with van der Waals surface area (Å²) in [7, 11) is 5.67. The van der Waals surface area contributed by atoms with Crippen molar-refractivity contribution in [2.45, 2.75) is 135 Å². The zero-order valence-corrected chi connectivity index (χ0v) is 28.5. The molecule has 4 aliphatic rings. The lowest BCUT2D eigenvalue weighted by atomic mass is 9.75. The van der Waals surface area contributed by atoms with Gasteiger partial charge in [-0.25, -0.2) is 0 Å². The van der Waals surface area contributed by atoms with E-state index in [9.17, 15) is 14.4 Å². The summed E-state index contributed by atoms with van der Waals surface area (Å²) in [5.74, 6) is -2.68. The second-order valence-corrected chi connectivity index (χ2v) is 14.3. The van der Waals surface area contributed by atoms with Crippen molar-refractivity contribution in [2.75, 3.05) is 34.4 Å². The molecular weight excluding hydrogens is 570 g/mol. The minimum Gasteiger partial charge on any atom is -0.459 e. The Labute approximate surface area is 262 Å². The summed E-state index contributed by atoms with van der Waals surface area (Å²) < 4.78 is 44.7. The van der Waals surface area contributed by atoms with Crippen LogP contribution in [0.3, 0.4) is 0 Å². The summed E-state index contributed by atoms with van der Waals surface area (Å²) in [4.78, 5) is 42.7. The van der Waals surface area contributed by atoms with Crippen LogP contribution in [0.15, 0.2) is 0 Å². The molecular formula is C33H55NO10. The van der Waals surface area contributed by atoms with Crippen molar-refractivity contribution in [1.82, 2.24) is 4.90 Å². The molecule has 0 radical (unpaired) electrons. The molecule has 0 aromatic carbocycles. The molecule has 4 bridgehead atoms. The third-order valence-electron chi connectivity index (χ3n) is 10.6. The Kier molecular flexibility index (Phi) is 11.0. The molecule has 0 aliphatic carbocycles. The number of cyclic esters (lactones) is 1. The minimum atomic E-state index is -1.28. The lowest BCUT2D eigenvalue weighted by Crippen LogP contribution is -2.60. The van der Waals surface area contributed by atoms with Gasteiger partial charge in [0.05, 0.1) is 35.9 Å². The molecule has 0 spiro atoms. The lowest BCUT2D eigenvalue weighted by molar-refractivity contribution is -0.306. The average Bonchev–Trinajstić information content (AvgIpc) is 3.22. The second kappa shape index (κ2) is 13.7. The van der Waals surface area contributed by atoms with Crippen LogP contribution in [0.1, 0.15) is 74.7 Å². The summed E-state index contributed by atoms with van der Waals surface area (Å²) in [5.41, 5.74) is -2.33. The van der Waals surface area contributed by atoms with Gasteiger partial charge in [-0.2, -0.15) is 0 Å².